The molecule has 2 aromatic rings. The minimum absolute atomic E-state index is 0.0167. The van der Waals surface area contributed by atoms with Crippen molar-refractivity contribution in [1.29, 1.82) is 0 Å². The quantitative estimate of drug-likeness (QED) is 0.694. The highest BCUT2D eigenvalue weighted by atomic mass is 16.3. The lowest BCUT2D eigenvalue weighted by molar-refractivity contribution is -0.116. The molecule has 1 amide bonds. The second-order valence-corrected chi connectivity index (χ2v) is 4.36. The van der Waals surface area contributed by atoms with Crippen molar-refractivity contribution in [3.8, 4) is 5.75 Å². The summed E-state index contributed by atoms with van der Waals surface area (Å²) in [5.74, 6) is -0.251. The molecule has 0 saturated heterocycles. The number of aromatic hydroxyl groups is 1. The SMILES string of the molecule is CCc1ccc(O)c(NC(=O)Cn2cc(CN)nn2)c1. The summed E-state index contributed by atoms with van der Waals surface area (Å²) in [7, 11) is 0. The first kappa shape index (κ1) is 14.0. The molecule has 0 unspecified atom stereocenters. The van der Waals surface area contributed by atoms with Gasteiger partial charge in [0.05, 0.1) is 17.6 Å². The predicted molar refractivity (Wildman–Crippen MR) is 74.0 cm³/mol. The molecule has 20 heavy (non-hydrogen) atoms. The molecule has 0 radical (unpaired) electrons. The average Bonchev–Trinajstić information content (AvgIpc) is 2.88. The van der Waals surface area contributed by atoms with Gasteiger partial charge in [-0.25, -0.2) is 4.68 Å². The van der Waals surface area contributed by atoms with Crippen molar-refractivity contribution in [2.45, 2.75) is 26.4 Å². The van der Waals surface area contributed by atoms with Gasteiger partial charge in [-0.1, -0.05) is 18.2 Å². The number of carbonyl (C=O) groups is 1. The molecular formula is C13H17N5O2. The highest BCUT2D eigenvalue weighted by molar-refractivity contribution is 5.92. The van der Waals surface area contributed by atoms with E-state index in [4.69, 9.17) is 5.73 Å². The van der Waals surface area contributed by atoms with Gasteiger partial charge in [0.1, 0.15) is 12.3 Å². The van der Waals surface area contributed by atoms with E-state index in [1.807, 2.05) is 13.0 Å². The zero-order valence-corrected chi connectivity index (χ0v) is 11.2. The first-order chi connectivity index (χ1) is 9.62. The number of nitrogens with zero attached hydrogens (tertiary/aromatic N) is 3. The van der Waals surface area contributed by atoms with Crippen molar-refractivity contribution in [3.63, 3.8) is 0 Å². The molecule has 0 atom stereocenters. The number of hydrogen-bond donors (Lipinski definition) is 3. The molecule has 0 fully saturated rings. The summed E-state index contributed by atoms with van der Waals surface area (Å²) in [4.78, 5) is 11.9. The van der Waals surface area contributed by atoms with Crippen LogP contribution in [0.5, 0.6) is 5.75 Å². The fourth-order valence-electron chi connectivity index (χ4n) is 1.75. The van der Waals surface area contributed by atoms with Crippen LogP contribution >= 0.6 is 0 Å². The molecule has 0 saturated carbocycles. The normalized spacial score (nSPS) is 10.5. The van der Waals surface area contributed by atoms with Crippen LogP contribution in [0.1, 0.15) is 18.2 Å². The highest BCUT2D eigenvalue weighted by Gasteiger charge is 2.09. The third-order valence-corrected chi connectivity index (χ3v) is 2.84. The Labute approximate surface area is 116 Å². The van der Waals surface area contributed by atoms with Gasteiger partial charge in [-0.3, -0.25) is 4.79 Å². The van der Waals surface area contributed by atoms with Gasteiger partial charge in [-0.2, -0.15) is 0 Å². The van der Waals surface area contributed by atoms with E-state index in [1.54, 1.807) is 18.3 Å². The number of hydrogen-bond acceptors (Lipinski definition) is 5. The van der Waals surface area contributed by atoms with Crippen molar-refractivity contribution < 1.29 is 9.90 Å². The molecule has 4 N–H and O–H groups in total. The molecule has 0 aliphatic carbocycles. The first-order valence-corrected chi connectivity index (χ1v) is 6.33. The van der Waals surface area contributed by atoms with Crippen LogP contribution in [-0.2, 0) is 24.3 Å². The summed E-state index contributed by atoms with van der Waals surface area (Å²) < 4.78 is 1.40. The molecule has 0 aliphatic heterocycles. The lowest BCUT2D eigenvalue weighted by Crippen LogP contribution is -2.19. The molecule has 7 nitrogen and oxygen atoms in total. The number of nitrogens with one attached hydrogen (secondary N) is 1. The lowest BCUT2D eigenvalue weighted by atomic mass is 10.1. The van der Waals surface area contributed by atoms with Gasteiger partial charge in [-0.15, -0.1) is 5.10 Å². The number of anilines is 1. The first-order valence-electron chi connectivity index (χ1n) is 6.33. The molecular weight excluding hydrogens is 258 g/mol. The Bertz CT molecular complexity index is 609. The van der Waals surface area contributed by atoms with Crippen molar-refractivity contribution >= 4 is 11.6 Å². The van der Waals surface area contributed by atoms with Gasteiger partial charge >= 0.3 is 0 Å². The molecule has 1 aromatic heterocycles. The maximum absolute atomic E-state index is 11.9. The van der Waals surface area contributed by atoms with Crippen LogP contribution in [0.25, 0.3) is 0 Å². The van der Waals surface area contributed by atoms with Crippen LogP contribution in [0.3, 0.4) is 0 Å². The van der Waals surface area contributed by atoms with E-state index in [2.05, 4.69) is 15.6 Å². The molecule has 7 heteroatoms. The number of benzene rings is 1. The number of phenolic OH excluding ortho intramolecular Hbond substituents is 1. The molecule has 0 spiro atoms. The molecule has 0 bridgehead atoms. The van der Waals surface area contributed by atoms with Crippen LogP contribution < -0.4 is 11.1 Å². The van der Waals surface area contributed by atoms with Gasteiger partial charge in [0.2, 0.25) is 5.91 Å². The maximum atomic E-state index is 11.9. The second kappa shape index (κ2) is 6.16. The van der Waals surface area contributed by atoms with E-state index < -0.39 is 0 Å². The number of nitrogens with two attached hydrogens (primary N) is 1. The zero-order chi connectivity index (χ0) is 14.5. The molecule has 1 aromatic carbocycles. The number of rotatable bonds is 5. The largest absolute Gasteiger partial charge is 0.506 e. The van der Waals surface area contributed by atoms with Crippen LogP contribution in [0.2, 0.25) is 0 Å². The monoisotopic (exact) mass is 275 g/mol. The smallest absolute Gasteiger partial charge is 0.246 e. The Kier molecular flexibility index (Phi) is 4.31. The van der Waals surface area contributed by atoms with E-state index in [0.29, 0.717) is 11.4 Å². The summed E-state index contributed by atoms with van der Waals surface area (Å²) in [6.07, 6.45) is 2.44. The Morgan fingerprint density at radius 1 is 1.50 bits per heavy atom. The number of aromatic nitrogens is 3. The minimum atomic E-state index is -0.290. The van der Waals surface area contributed by atoms with E-state index >= 15 is 0 Å². The molecule has 0 aliphatic rings. The highest BCUT2D eigenvalue weighted by Crippen LogP contribution is 2.24. The molecule has 1 heterocycles. The fraction of sp³-hybridized carbons (Fsp3) is 0.308. The van der Waals surface area contributed by atoms with Gasteiger partial charge in [0, 0.05) is 6.54 Å². The Morgan fingerprint density at radius 3 is 2.95 bits per heavy atom. The third-order valence-electron chi connectivity index (χ3n) is 2.84. The zero-order valence-electron chi connectivity index (χ0n) is 11.2. The van der Waals surface area contributed by atoms with E-state index in [0.717, 1.165) is 12.0 Å². The minimum Gasteiger partial charge on any atom is -0.506 e. The summed E-state index contributed by atoms with van der Waals surface area (Å²) in [5.41, 5.74) is 7.47. The summed E-state index contributed by atoms with van der Waals surface area (Å²) in [6.45, 7) is 2.30. The van der Waals surface area contributed by atoms with Crippen LogP contribution in [0, 0.1) is 0 Å². The maximum Gasteiger partial charge on any atom is 0.246 e. The Balaban J connectivity index is 2.04. The van der Waals surface area contributed by atoms with Gasteiger partial charge in [0.25, 0.3) is 0 Å². The van der Waals surface area contributed by atoms with E-state index in [-0.39, 0.29) is 24.7 Å². The summed E-state index contributed by atoms with van der Waals surface area (Å²) >= 11 is 0. The van der Waals surface area contributed by atoms with Crippen molar-refractivity contribution in [3.05, 3.63) is 35.7 Å². The van der Waals surface area contributed by atoms with E-state index in [9.17, 15) is 9.90 Å². The fourth-order valence-corrected chi connectivity index (χ4v) is 1.75. The third kappa shape index (κ3) is 3.33. The van der Waals surface area contributed by atoms with E-state index in [1.165, 1.54) is 4.68 Å². The second-order valence-electron chi connectivity index (χ2n) is 4.36. The predicted octanol–water partition coefficient (Wildman–Crippen LogP) is 0.643. The van der Waals surface area contributed by atoms with Gasteiger partial charge in [-0.05, 0) is 24.1 Å². The Morgan fingerprint density at radius 2 is 2.30 bits per heavy atom. The topological polar surface area (TPSA) is 106 Å². The lowest BCUT2D eigenvalue weighted by Gasteiger charge is -2.08. The van der Waals surface area contributed by atoms with Crippen LogP contribution in [0.4, 0.5) is 5.69 Å². The van der Waals surface area contributed by atoms with Crippen LogP contribution in [-0.4, -0.2) is 26.0 Å². The standard InChI is InChI=1S/C13H17N5O2/c1-2-9-3-4-12(19)11(5-9)15-13(20)8-18-7-10(6-14)16-17-18/h3-5,7,19H,2,6,8,14H2,1H3,(H,15,20). The van der Waals surface area contributed by atoms with Gasteiger partial charge in [0.15, 0.2) is 0 Å². The summed E-state index contributed by atoms with van der Waals surface area (Å²) in [5, 5.41) is 20.0. The van der Waals surface area contributed by atoms with Crippen LogP contribution in [0.15, 0.2) is 24.4 Å². The van der Waals surface area contributed by atoms with Crippen molar-refractivity contribution in [1.82, 2.24) is 15.0 Å². The van der Waals surface area contributed by atoms with Crippen molar-refractivity contribution in [2.24, 2.45) is 5.73 Å². The number of amides is 1. The summed E-state index contributed by atoms with van der Waals surface area (Å²) in [6, 6.07) is 5.13. The number of carbonyl (C=O) groups excluding carboxylic acids is 1. The van der Waals surface area contributed by atoms with Gasteiger partial charge < -0.3 is 16.2 Å². The number of phenols is 1. The molecule has 2 rings (SSSR count). The average molecular weight is 275 g/mol. The Hall–Kier alpha value is -2.41. The van der Waals surface area contributed by atoms with Crippen molar-refractivity contribution in [2.75, 3.05) is 5.32 Å². The molecule has 106 valence electrons. The number of aryl methyl sites for hydroxylation is 1.